The Balaban J connectivity index is 2.86. The number of hydrogen-bond acceptors (Lipinski definition) is 2. The van der Waals surface area contributed by atoms with Gasteiger partial charge in [0.15, 0.2) is 5.11 Å². The molecule has 0 spiro atoms. The molecule has 0 aliphatic rings. The number of rotatable bonds is 7. The van der Waals surface area contributed by atoms with Gasteiger partial charge >= 0.3 is 0 Å². The van der Waals surface area contributed by atoms with Crippen molar-refractivity contribution in [2.75, 3.05) is 6.54 Å². The molecule has 0 fully saturated rings. The molecule has 0 aromatic rings. The third-order valence-electron chi connectivity index (χ3n) is 1.62. The van der Waals surface area contributed by atoms with Crippen molar-refractivity contribution in [1.82, 2.24) is 10.9 Å². The Morgan fingerprint density at radius 2 is 1.92 bits per heavy atom. The van der Waals surface area contributed by atoms with Crippen LogP contribution in [0.15, 0.2) is 0 Å². The van der Waals surface area contributed by atoms with Gasteiger partial charge in [0.05, 0.1) is 0 Å². The Hall–Kier alpha value is -0.350. The van der Waals surface area contributed by atoms with Crippen LogP contribution in [0.4, 0.5) is 0 Å². The molecule has 12 heavy (non-hydrogen) atoms. The first-order valence-electron chi connectivity index (χ1n) is 4.55. The van der Waals surface area contributed by atoms with Crippen LogP contribution in [-0.4, -0.2) is 11.7 Å². The molecule has 0 saturated heterocycles. The average molecular weight is 189 g/mol. The van der Waals surface area contributed by atoms with Gasteiger partial charge in [0, 0.05) is 6.54 Å². The van der Waals surface area contributed by atoms with Crippen LogP contribution in [0.1, 0.15) is 39.0 Å². The summed E-state index contributed by atoms with van der Waals surface area (Å²) >= 11 is 4.62. The summed E-state index contributed by atoms with van der Waals surface area (Å²) in [5.74, 6) is 0. The standard InChI is InChI=1S/C8H19N3S/c1-2-3-4-5-6-7-10-11-8(9)12/h10H,2-7H2,1H3,(H3,9,11,12). The first-order valence-corrected chi connectivity index (χ1v) is 4.96. The molecule has 4 heteroatoms. The van der Waals surface area contributed by atoms with Crippen molar-refractivity contribution in [2.45, 2.75) is 39.0 Å². The molecule has 0 atom stereocenters. The van der Waals surface area contributed by atoms with Crippen LogP contribution in [-0.2, 0) is 0 Å². The largest absolute Gasteiger partial charge is 0.375 e. The lowest BCUT2D eigenvalue weighted by molar-refractivity contribution is 0.568. The number of hydrazine groups is 1. The Morgan fingerprint density at radius 3 is 2.50 bits per heavy atom. The van der Waals surface area contributed by atoms with Crippen LogP contribution in [0.25, 0.3) is 0 Å². The Bertz CT molecular complexity index is 117. The molecule has 72 valence electrons. The summed E-state index contributed by atoms with van der Waals surface area (Å²) in [5.41, 5.74) is 10.9. The maximum atomic E-state index is 5.21. The van der Waals surface area contributed by atoms with Crippen LogP contribution < -0.4 is 16.6 Å². The van der Waals surface area contributed by atoms with E-state index in [1.54, 1.807) is 0 Å². The number of nitrogens with two attached hydrogens (primary N) is 1. The number of nitrogens with one attached hydrogen (secondary N) is 2. The Kier molecular flexibility index (Phi) is 8.49. The molecule has 0 aromatic heterocycles. The average Bonchev–Trinajstić information content (AvgIpc) is 2.02. The van der Waals surface area contributed by atoms with E-state index in [2.05, 4.69) is 30.0 Å². The molecule has 0 aliphatic heterocycles. The van der Waals surface area contributed by atoms with Crippen molar-refractivity contribution >= 4 is 17.3 Å². The van der Waals surface area contributed by atoms with E-state index in [1.807, 2.05) is 0 Å². The zero-order valence-electron chi connectivity index (χ0n) is 7.73. The minimum absolute atomic E-state index is 0.309. The second kappa shape index (κ2) is 8.74. The monoisotopic (exact) mass is 189 g/mol. The summed E-state index contributed by atoms with van der Waals surface area (Å²) in [6.45, 7) is 3.15. The molecule has 0 unspecified atom stereocenters. The lowest BCUT2D eigenvalue weighted by Gasteiger charge is -2.05. The quantitative estimate of drug-likeness (QED) is 0.321. The van der Waals surface area contributed by atoms with E-state index in [0.29, 0.717) is 5.11 Å². The fourth-order valence-electron chi connectivity index (χ4n) is 0.967. The summed E-state index contributed by atoms with van der Waals surface area (Å²) in [6, 6.07) is 0. The third-order valence-corrected chi connectivity index (χ3v) is 1.72. The molecule has 0 bridgehead atoms. The number of hydrogen-bond donors (Lipinski definition) is 3. The van der Waals surface area contributed by atoms with Crippen LogP contribution in [0.5, 0.6) is 0 Å². The molecule has 0 saturated carbocycles. The maximum absolute atomic E-state index is 5.21. The van der Waals surface area contributed by atoms with E-state index in [4.69, 9.17) is 5.73 Å². The van der Waals surface area contributed by atoms with Gasteiger partial charge in [0.2, 0.25) is 0 Å². The summed E-state index contributed by atoms with van der Waals surface area (Å²) in [5, 5.41) is 0.309. The minimum atomic E-state index is 0.309. The Labute approximate surface area is 80.1 Å². The number of unbranched alkanes of at least 4 members (excludes halogenated alkanes) is 4. The SMILES string of the molecule is CCCCCCCNNC(N)=S. The lowest BCUT2D eigenvalue weighted by Crippen LogP contribution is -2.41. The van der Waals surface area contributed by atoms with Crippen LogP contribution >= 0.6 is 12.2 Å². The molecule has 0 amide bonds. The van der Waals surface area contributed by atoms with Gasteiger partial charge in [-0.1, -0.05) is 32.6 Å². The van der Waals surface area contributed by atoms with Gasteiger partial charge in [-0.25, -0.2) is 5.43 Å². The van der Waals surface area contributed by atoms with Gasteiger partial charge < -0.3 is 5.73 Å². The highest BCUT2D eigenvalue weighted by molar-refractivity contribution is 7.80. The molecule has 0 aliphatic carbocycles. The van der Waals surface area contributed by atoms with Gasteiger partial charge in [0.1, 0.15) is 0 Å². The predicted molar refractivity (Wildman–Crippen MR) is 56.7 cm³/mol. The second-order valence-electron chi connectivity index (χ2n) is 2.83. The maximum Gasteiger partial charge on any atom is 0.178 e. The van der Waals surface area contributed by atoms with E-state index in [1.165, 1.54) is 32.1 Å². The van der Waals surface area contributed by atoms with E-state index in [0.717, 1.165) is 6.54 Å². The smallest absolute Gasteiger partial charge is 0.178 e. The van der Waals surface area contributed by atoms with Crippen LogP contribution in [0.3, 0.4) is 0 Å². The highest BCUT2D eigenvalue weighted by Crippen LogP contribution is 2.00. The zero-order valence-corrected chi connectivity index (χ0v) is 8.54. The van der Waals surface area contributed by atoms with Gasteiger partial charge in [-0.05, 0) is 18.6 Å². The highest BCUT2D eigenvalue weighted by Gasteiger charge is 1.88. The minimum Gasteiger partial charge on any atom is -0.375 e. The normalized spacial score (nSPS) is 9.75. The van der Waals surface area contributed by atoms with Crippen molar-refractivity contribution in [1.29, 1.82) is 0 Å². The molecule has 0 rings (SSSR count). The molecular formula is C8H19N3S. The van der Waals surface area contributed by atoms with Gasteiger partial charge in [-0.2, -0.15) is 0 Å². The predicted octanol–water partition coefficient (Wildman–Crippen LogP) is 1.29. The second-order valence-corrected chi connectivity index (χ2v) is 3.27. The lowest BCUT2D eigenvalue weighted by atomic mass is 10.2. The summed E-state index contributed by atoms with van der Waals surface area (Å²) < 4.78 is 0. The summed E-state index contributed by atoms with van der Waals surface area (Å²) in [7, 11) is 0. The van der Waals surface area contributed by atoms with E-state index < -0.39 is 0 Å². The number of thiocarbonyl (C=S) groups is 1. The molecule has 4 N–H and O–H groups in total. The van der Waals surface area contributed by atoms with Gasteiger partial charge in [-0.15, -0.1) is 0 Å². The fourth-order valence-corrected chi connectivity index (χ4v) is 1.04. The fraction of sp³-hybridized carbons (Fsp3) is 0.875. The van der Waals surface area contributed by atoms with Crippen molar-refractivity contribution < 1.29 is 0 Å². The van der Waals surface area contributed by atoms with Crippen molar-refractivity contribution in [3.63, 3.8) is 0 Å². The van der Waals surface area contributed by atoms with E-state index in [-0.39, 0.29) is 0 Å². The van der Waals surface area contributed by atoms with Crippen molar-refractivity contribution in [3.05, 3.63) is 0 Å². The van der Waals surface area contributed by atoms with E-state index >= 15 is 0 Å². The Morgan fingerprint density at radius 1 is 1.25 bits per heavy atom. The summed E-state index contributed by atoms with van der Waals surface area (Å²) in [4.78, 5) is 0. The van der Waals surface area contributed by atoms with Crippen LogP contribution in [0.2, 0.25) is 0 Å². The molecule has 0 aromatic carbocycles. The van der Waals surface area contributed by atoms with E-state index in [9.17, 15) is 0 Å². The first kappa shape index (κ1) is 11.6. The molecule has 0 heterocycles. The van der Waals surface area contributed by atoms with Gasteiger partial charge in [0.25, 0.3) is 0 Å². The zero-order chi connectivity index (χ0) is 9.23. The third kappa shape index (κ3) is 9.65. The van der Waals surface area contributed by atoms with Crippen molar-refractivity contribution in [2.24, 2.45) is 5.73 Å². The van der Waals surface area contributed by atoms with Crippen molar-refractivity contribution in [3.8, 4) is 0 Å². The summed E-state index contributed by atoms with van der Waals surface area (Å²) in [6.07, 6.45) is 6.40. The van der Waals surface area contributed by atoms with Gasteiger partial charge in [-0.3, -0.25) is 5.43 Å². The van der Waals surface area contributed by atoms with Crippen LogP contribution in [0, 0.1) is 0 Å². The molecular weight excluding hydrogens is 170 g/mol. The molecule has 0 radical (unpaired) electrons. The molecule has 3 nitrogen and oxygen atoms in total. The first-order chi connectivity index (χ1) is 5.77. The topological polar surface area (TPSA) is 50.1 Å². The highest BCUT2D eigenvalue weighted by atomic mass is 32.1.